The van der Waals surface area contributed by atoms with Gasteiger partial charge in [0.25, 0.3) is 0 Å². The molecule has 0 fully saturated rings. The van der Waals surface area contributed by atoms with E-state index in [-0.39, 0.29) is 17.1 Å². The molecule has 0 unspecified atom stereocenters. The second kappa shape index (κ2) is 8.74. The van der Waals surface area contributed by atoms with Gasteiger partial charge in [0.1, 0.15) is 17.4 Å². The number of carbonyl (C=O) groups is 1. The van der Waals surface area contributed by atoms with Gasteiger partial charge in [-0.25, -0.2) is 8.78 Å². The molecule has 0 radical (unpaired) electrons. The van der Waals surface area contributed by atoms with E-state index < -0.39 is 34.4 Å². The fourth-order valence-electron chi connectivity index (χ4n) is 2.22. The number of hydrogen-bond donors (Lipinski definition) is 1. The summed E-state index contributed by atoms with van der Waals surface area (Å²) in [4.78, 5) is 12.0. The molecule has 2 aromatic rings. The van der Waals surface area contributed by atoms with Crippen molar-refractivity contribution >= 4 is 39.9 Å². The van der Waals surface area contributed by atoms with E-state index in [1.165, 1.54) is 12.1 Å². The molecule has 0 heterocycles. The van der Waals surface area contributed by atoms with Crippen molar-refractivity contribution in [2.45, 2.75) is 18.7 Å². The molecule has 0 bridgehead atoms. The van der Waals surface area contributed by atoms with Crippen LogP contribution in [0.15, 0.2) is 36.4 Å². The molecule has 134 valence electrons. The molecule has 0 aliphatic rings. The van der Waals surface area contributed by atoms with Crippen LogP contribution in [-0.2, 0) is 21.3 Å². The van der Waals surface area contributed by atoms with E-state index in [4.69, 9.17) is 23.2 Å². The lowest BCUT2D eigenvalue weighted by atomic mass is 10.1. The van der Waals surface area contributed by atoms with Crippen molar-refractivity contribution in [3.05, 3.63) is 69.2 Å². The molecule has 2 rings (SSSR count). The van der Waals surface area contributed by atoms with Crippen LogP contribution in [0.3, 0.4) is 0 Å². The number of rotatable bonds is 6. The fourth-order valence-corrected chi connectivity index (χ4v) is 3.85. The molecule has 1 amide bonds. The second-order valence-corrected chi connectivity index (χ2v) is 7.72. The zero-order valence-electron chi connectivity index (χ0n) is 13.2. The Kier molecular flexibility index (Phi) is 6.93. The number of amides is 1. The molecular formula is C17H15Cl2F2NO2S. The summed E-state index contributed by atoms with van der Waals surface area (Å²) in [5.74, 6) is -2.10. The fraction of sp³-hybridized carbons (Fsp3) is 0.235. The molecule has 0 saturated heterocycles. The van der Waals surface area contributed by atoms with Crippen molar-refractivity contribution in [1.82, 2.24) is 5.32 Å². The summed E-state index contributed by atoms with van der Waals surface area (Å²) in [5.41, 5.74) is 0.774. The highest BCUT2D eigenvalue weighted by Gasteiger charge is 2.16. The number of benzene rings is 2. The molecule has 0 aromatic heterocycles. The van der Waals surface area contributed by atoms with Gasteiger partial charge in [0.05, 0.1) is 11.8 Å². The molecule has 3 nitrogen and oxygen atoms in total. The van der Waals surface area contributed by atoms with Crippen LogP contribution in [0.5, 0.6) is 0 Å². The molecule has 25 heavy (non-hydrogen) atoms. The van der Waals surface area contributed by atoms with Gasteiger partial charge in [-0.3, -0.25) is 9.00 Å². The van der Waals surface area contributed by atoms with Crippen LogP contribution in [0.2, 0.25) is 10.0 Å². The van der Waals surface area contributed by atoms with E-state index >= 15 is 0 Å². The van der Waals surface area contributed by atoms with Gasteiger partial charge in [0.15, 0.2) is 0 Å². The van der Waals surface area contributed by atoms with Crippen molar-refractivity contribution in [3.63, 3.8) is 0 Å². The first-order valence-electron chi connectivity index (χ1n) is 7.29. The zero-order chi connectivity index (χ0) is 18.6. The molecule has 0 spiro atoms. The Hall–Kier alpha value is -1.50. The Morgan fingerprint density at radius 3 is 2.56 bits per heavy atom. The summed E-state index contributed by atoms with van der Waals surface area (Å²) < 4.78 is 38.7. The Morgan fingerprint density at radius 1 is 1.20 bits per heavy atom. The largest absolute Gasteiger partial charge is 0.349 e. The minimum Gasteiger partial charge on any atom is -0.349 e. The third-order valence-electron chi connectivity index (χ3n) is 3.43. The molecular weight excluding hydrogens is 391 g/mol. The summed E-state index contributed by atoms with van der Waals surface area (Å²) in [6, 6.07) is 7.26. The Balaban J connectivity index is 1.93. The molecule has 0 aliphatic heterocycles. The van der Waals surface area contributed by atoms with E-state index in [2.05, 4.69) is 5.32 Å². The van der Waals surface area contributed by atoms with Crippen LogP contribution in [0.1, 0.15) is 24.1 Å². The summed E-state index contributed by atoms with van der Waals surface area (Å²) in [7, 11) is -1.49. The summed E-state index contributed by atoms with van der Waals surface area (Å²) in [6.07, 6.45) is 0. The Morgan fingerprint density at radius 2 is 1.92 bits per heavy atom. The number of carbonyl (C=O) groups excluding carboxylic acids is 1. The van der Waals surface area contributed by atoms with Gasteiger partial charge in [-0.05, 0) is 30.7 Å². The maximum atomic E-state index is 13.7. The van der Waals surface area contributed by atoms with E-state index in [0.717, 1.165) is 12.1 Å². The summed E-state index contributed by atoms with van der Waals surface area (Å²) in [6.45, 7) is 1.56. The number of hydrogen-bond acceptors (Lipinski definition) is 2. The molecule has 0 aliphatic carbocycles. The Bertz CT molecular complexity index is 817. The maximum Gasteiger partial charge on any atom is 0.233 e. The minimum atomic E-state index is -1.49. The van der Waals surface area contributed by atoms with Crippen LogP contribution in [0, 0.1) is 11.6 Å². The average Bonchev–Trinajstić information content (AvgIpc) is 2.49. The van der Waals surface area contributed by atoms with E-state index in [9.17, 15) is 17.8 Å². The Labute approximate surface area is 156 Å². The van der Waals surface area contributed by atoms with E-state index in [0.29, 0.717) is 15.6 Å². The van der Waals surface area contributed by atoms with Crippen LogP contribution in [0.4, 0.5) is 8.78 Å². The van der Waals surface area contributed by atoms with Crippen LogP contribution in [-0.4, -0.2) is 15.9 Å². The molecule has 2 aromatic carbocycles. The third kappa shape index (κ3) is 5.76. The van der Waals surface area contributed by atoms with Crippen molar-refractivity contribution in [1.29, 1.82) is 0 Å². The topological polar surface area (TPSA) is 46.2 Å². The van der Waals surface area contributed by atoms with Gasteiger partial charge in [0, 0.05) is 32.5 Å². The summed E-state index contributed by atoms with van der Waals surface area (Å²) in [5, 5.41) is 3.39. The monoisotopic (exact) mass is 405 g/mol. The summed E-state index contributed by atoms with van der Waals surface area (Å²) >= 11 is 11.8. The maximum absolute atomic E-state index is 13.7. The lowest BCUT2D eigenvalue weighted by molar-refractivity contribution is -0.119. The van der Waals surface area contributed by atoms with Gasteiger partial charge < -0.3 is 5.32 Å². The normalized spacial score (nSPS) is 13.3. The smallest absolute Gasteiger partial charge is 0.233 e. The van der Waals surface area contributed by atoms with Gasteiger partial charge in [-0.15, -0.1) is 0 Å². The first-order chi connectivity index (χ1) is 11.8. The zero-order valence-corrected chi connectivity index (χ0v) is 15.5. The van der Waals surface area contributed by atoms with Crippen molar-refractivity contribution in [3.8, 4) is 0 Å². The second-order valence-electron chi connectivity index (χ2n) is 5.42. The van der Waals surface area contributed by atoms with Gasteiger partial charge in [0.2, 0.25) is 5.91 Å². The van der Waals surface area contributed by atoms with E-state index in [1.807, 2.05) is 0 Å². The molecule has 1 N–H and O–H groups in total. The lowest BCUT2D eigenvalue weighted by Crippen LogP contribution is -2.31. The van der Waals surface area contributed by atoms with Gasteiger partial charge in [-0.2, -0.15) is 0 Å². The van der Waals surface area contributed by atoms with Crippen molar-refractivity contribution in [2.75, 3.05) is 5.75 Å². The predicted molar refractivity (Wildman–Crippen MR) is 96.1 cm³/mol. The van der Waals surface area contributed by atoms with Gasteiger partial charge in [-0.1, -0.05) is 35.3 Å². The first-order valence-corrected chi connectivity index (χ1v) is 9.54. The van der Waals surface area contributed by atoms with Crippen molar-refractivity contribution < 1.29 is 17.8 Å². The van der Waals surface area contributed by atoms with Crippen LogP contribution >= 0.6 is 23.2 Å². The highest BCUT2D eigenvalue weighted by atomic mass is 35.5. The third-order valence-corrected chi connectivity index (χ3v) is 5.23. The van der Waals surface area contributed by atoms with E-state index in [1.54, 1.807) is 19.1 Å². The van der Waals surface area contributed by atoms with Crippen molar-refractivity contribution in [2.24, 2.45) is 0 Å². The predicted octanol–water partition coefficient (Wildman–Crippen LogP) is 4.40. The minimum absolute atomic E-state index is 0.0999. The molecule has 2 atom stereocenters. The van der Waals surface area contributed by atoms with Gasteiger partial charge >= 0.3 is 0 Å². The molecule has 0 saturated carbocycles. The lowest BCUT2D eigenvalue weighted by Gasteiger charge is -2.15. The van der Waals surface area contributed by atoms with Crippen LogP contribution in [0.25, 0.3) is 0 Å². The van der Waals surface area contributed by atoms with Crippen LogP contribution < -0.4 is 5.32 Å². The molecule has 8 heteroatoms. The number of nitrogens with one attached hydrogen (secondary N) is 1. The SMILES string of the molecule is C[C@@H](NC(=O)C[S@@](=O)Cc1ccc(Cl)cc1Cl)c1ccc(F)cc1F. The quantitative estimate of drug-likeness (QED) is 0.773. The standard InChI is InChI=1S/C17H15Cl2F2NO2S/c1-10(14-5-4-13(20)7-16(14)21)22-17(23)9-25(24)8-11-2-3-12(18)6-15(11)19/h2-7,10H,8-9H2,1H3,(H,22,23)/t10-,25+/m1/s1. The number of halogens is 4. The highest BCUT2D eigenvalue weighted by Crippen LogP contribution is 2.22. The average molecular weight is 406 g/mol. The highest BCUT2D eigenvalue weighted by molar-refractivity contribution is 7.84. The first kappa shape index (κ1) is 19.8.